The molecule has 1 rings (SSSR count). The van der Waals surface area contributed by atoms with E-state index in [0.717, 1.165) is 25.7 Å². The highest BCUT2D eigenvalue weighted by molar-refractivity contribution is 5.82. The Hall–Kier alpha value is -2.97. The number of nitro groups is 1. The molecule has 0 aromatic heterocycles. The Morgan fingerprint density at radius 1 is 1.21 bits per heavy atom. The quantitative estimate of drug-likeness (QED) is 0.153. The zero-order valence-electron chi connectivity index (χ0n) is 16.9. The van der Waals surface area contributed by atoms with Crippen LogP contribution in [0.3, 0.4) is 0 Å². The lowest BCUT2D eigenvalue weighted by Gasteiger charge is -2.21. The van der Waals surface area contributed by atoms with Gasteiger partial charge in [0.1, 0.15) is 12.3 Å². The van der Waals surface area contributed by atoms with Crippen LogP contribution in [0.4, 0.5) is 5.69 Å². The van der Waals surface area contributed by atoms with E-state index in [1.165, 1.54) is 30.2 Å². The number of ether oxygens (including phenoxy) is 2. The molecule has 9 nitrogen and oxygen atoms in total. The van der Waals surface area contributed by atoms with Crippen LogP contribution in [0.15, 0.2) is 18.2 Å². The van der Waals surface area contributed by atoms with Gasteiger partial charge in [0, 0.05) is 13.0 Å². The normalized spacial score (nSPS) is 10.3. The van der Waals surface area contributed by atoms with E-state index >= 15 is 0 Å². The van der Waals surface area contributed by atoms with Crippen LogP contribution in [-0.2, 0) is 14.3 Å². The Labute approximate surface area is 170 Å². The summed E-state index contributed by atoms with van der Waals surface area (Å²) in [6, 6.07) is 3.97. The molecule has 0 aliphatic rings. The van der Waals surface area contributed by atoms with E-state index in [0.29, 0.717) is 19.3 Å². The van der Waals surface area contributed by atoms with Crippen molar-refractivity contribution in [3.63, 3.8) is 0 Å². The number of amides is 1. The van der Waals surface area contributed by atoms with Crippen LogP contribution in [0.5, 0.6) is 5.75 Å². The van der Waals surface area contributed by atoms with Gasteiger partial charge in [-0.25, -0.2) is 0 Å². The smallest absolute Gasteiger partial charge is 0.325 e. The molecule has 0 atom stereocenters. The van der Waals surface area contributed by atoms with Crippen molar-refractivity contribution in [2.45, 2.75) is 45.4 Å². The minimum Gasteiger partial charge on any atom is -0.493 e. The summed E-state index contributed by atoms with van der Waals surface area (Å²) in [6.45, 7) is 2.68. The van der Waals surface area contributed by atoms with Crippen molar-refractivity contribution in [2.24, 2.45) is 0 Å². The molecule has 0 saturated heterocycles. The molecule has 0 unspecified atom stereocenters. The van der Waals surface area contributed by atoms with Crippen LogP contribution in [0.25, 0.3) is 0 Å². The lowest BCUT2D eigenvalue weighted by molar-refractivity contribution is -0.385. The van der Waals surface area contributed by atoms with E-state index in [4.69, 9.17) is 4.74 Å². The SMILES string of the molecule is CCCCCCN(CC(=O)OC)C(=O)CCCOc1ccc(C=O)c([N+](=O)[O-])c1. The predicted molar refractivity (Wildman–Crippen MR) is 106 cm³/mol. The summed E-state index contributed by atoms with van der Waals surface area (Å²) < 4.78 is 10.1. The number of methoxy groups -OCH3 is 1. The molecule has 1 aromatic carbocycles. The fourth-order valence-electron chi connectivity index (χ4n) is 2.68. The number of nitrogens with zero attached hydrogens (tertiary/aromatic N) is 2. The second kappa shape index (κ2) is 13.2. The number of unbranched alkanes of at least 4 members (excludes halogenated alkanes) is 3. The van der Waals surface area contributed by atoms with E-state index in [2.05, 4.69) is 11.7 Å². The highest BCUT2D eigenvalue weighted by Crippen LogP contribution is 2.23. The van der Waals surface area contributed by atoms with Crippen LogP contribution in [-0.4, -0.2) is 54.8 Å². The zero-order chi connectivity index (χ0) is 21.6. The van der Waals surface area contributed by atoms with E-state index in [9.17, 15) is 24.5 Å². The van der Waals surface area contributed by atoms with Crippen molar-refractivity contribution in [3.05, 3.63) is 33.9 Å². The van der Waals surface area contributed by atoms with Gasteiger partial charge in [0.2, 0.25) is 5.91 Å². The van der Waals surface area contributed by atoms with Gasteiger partial charge in [0.05, 0.1) is 30.3 Å². The van der Waals surface area contributed by atoms with Crippen LogP contribution in [0.2, 0.25) is 0 Å². The first-order valence-electron chi connectivity index (χ1n) is 9.63. The van der Waals surface area contributed by atoms with Crippen LogP contribution in [0, 0.1) is 10.1 Å². The third kappa shape index (κ3) is 8.71. The fraction of sp³-hybridized carbons (Fsp3) is 0.550. The number of rotatable bonds is 14. The maximum absolute atomic E-state index is 12.4. The number of nitro benzene ring substituents is 1. The summed E-state index contributed by atoms with van der Waals surface area (Å²) in [4.78, 5) is 46.6. The highest BCUT2D eigenvalue weighted by atomic mass is 16.6. The molecule has 0 saturated carbocycles. The number of hydrogen-bond acceptors (Lipinski definition) is 7. The second-order valence-corrected chi connectivity index (χ2v) is 6.50. The second-order valence-electron chi connectivity index (χ2n) is 6.50. The zero-order valence-corrected chi connectivity index (χ0v) is 16.9. The lowest BCUT2D eigenvalue weighted by atomic mass is 10.2. The predicted octanol–water partition coefficient (Wildman–Crippen LogP) is 3.15. The van der Waals surface area contributed by atoms with Crippen molar-refractivity contribution in [1.82, 2.24) is 4.90 Å². The van der Waals surface area contributed by atoms with Gasteiger partial charge in [0.25, 0.3) is 5.69 Å². The van der Waals surface area contributed by atoms with E-state index < -0.39 is 10.9 Å². The monoisotopic (exact) mass is 408 g/mol. The van der Waals surface area contributed by atoms with Gasteiger partial charge in [-0.1, -0.05) is 26.2 Å². The number of carbonyl (C=O) groups excluding carboxylic acids is 3. The van der Waals surface area contributed by atoms with Crippen LogP contribution >= 0.6 is 0 Å². The maximum atomic E-state index is 12.4. The molecular weight excluding hydrogens is 380 g/mol. The number of carbonyl (C=O) groups is 3. The third-order valence-corrected chi connectivity index (χ3v) is 4.31. The van der Waals surface area contributed by atoms with Crippen molar-refractivity contribution in [3.8, 4) is 5.75 Å². The van der Waals surface area contributed by atoms with Crippen molar-refractivity contribution in [2.75, 3.05) is 26.8 Å². The molecule has 0 fully saturated rings. The Morgan fingerprint density at radius 3 is 2.59 bits per heavy atom. The first-order chi connectivity index (χ1) is 13.9. The third-order valence-electron chi connectivity index (χ3n) is 4.31. The van der Waals surface area contributed by atoms with Gasteiger partial charge >= 0.3 is 5.97 Å². The Balaban J connectivity index is 2.53. The van der Waals surface area contributed by atoms with Gasteiger partial charge in [0.15, 0.2) is 6.29 Å². The topological polar surface area (TPSA) is 116 Å². The standard InChI is InChI=1S/C20H28N2O7/c1-3-4-5-6-11-21(14-20(25)28-2)19(24)8-7-12-29-17-10-9-16(15-23)18(13-17)22(26)27/h9-10,13,15H,3-8,11-12,14H2,1-2H3. The van der Waals surface area contributed by atoms with E-state index in [1.54, 1.807) is 0 Å². The highest BCUT2D eigenvalue weighted by Gasteiger charge is 2.17. The van der Waals surface area contributed by atoms with Crippen molar-refractivity contribution in [1.29, 1.82) is 0 Å². The molecule has 160 valence electrons. The Morgan fingerprint density at radius 2 is 1.97 bits per heavy atom. The molecule has 0 aliphatic heterocycles. The molecule has 0 heterocycles. The fourth-order valence-corrected chi connectivity index (χ4v) is 2.68. The van der Waals surface area contributed by atoms with E-state index in [1.807, 2.05) is 0 Å². The first-order valence-corrected chi connectivity index (χ1v) is 9.63. The maximum Gasteiger partial charge on any atom is 0.325 e. The van der Waals surface area contributed by atoms with Crippen LogP contribution < -0.4 is 4.74 Å². The molecular formula is C20H28N2O7. The summed E-state index contributed by atoms with van der Waals surface area (Å²) in [5.41, 5.74) is -0.357. The van der Waals surface area contributed by atoms with Gasteiger partial charge in [-0.15, -0.1) is 0 Å². The molecule has 1 aromatic rings. The molecule has 9 heteroatoms. The van der Waals surface area contributed by atoms with Gasteiger partial charge < -0.3 is 14.4 Å². The molecule has 0 radical (unpaired) electrons. The molecule has 0 bridgehead atoms. The molecule has 29 heavy (non-hydrogen) atoms. The minimum absolute atomic E-state index is 0.0287. The average molecular weight is 408 g/mol. The lowest BCUT2D eigenvalue weighted by Crippen LogP contribution is -2.37. The first kappa shape index (κ1) is 24.1. The summed E-state index contributed by atoms with van der Waals surface area (Å²) in [5.74, 6) is -0.383. The van der Waals surface area contributed by atoms with Crippen molar-refractivity contribution >= 4 is 23.9 Å². The summed E-state index contributed by atoms with van der Waals surface area (Å²) >= 11 is 0. The Bertz CT molecular complexity index is 706. The Kier molecular flexibility index (Phi) is 11.0. The average Bonchev–Trinajstić information content (AvgIpc) is 2.72. The summed E-state index contributed by atoms with van der Waals surface area (Å²) in [5, 5.41) is 11.0. The number of aldehydes is 1. The summed E-state index contributed by atoms with van der Waals surface area (Å²) in [7, 11) is 1.28. The van der Waals surface area contributed by atoms with Gasteiger partial charge in [-0.05, 0) is 25.0 Å². The van der Waals surface area contributed by atoms with Crippen LogP contribution in [0.1, 0.15) is 55.8 Å². The van der Waals surface area contributed by atoms with E-state index in [-0.39, 0.29) is 42.5 Å². The summed E-state index contributed by atoms with van der Waals surface area (Å²) in [6.07, 6.45) is 4.93. The molecule has 0 spiro atoms. The minimum atomic E-state index is -0.649. The number of benzene rings is 1. The molecule has 1 amide bonds. The van der Waals surface area contributed by atoms with Crippen molar-refractivity contribution < 1.29 is 28.8 Å². The number of hydrogen-bond donors (Lipinski definition) is 0. The molecule has 0 aliphatic carbocycles. The van der Waals surface area contributed by atoms with Gasteiger partial charge in [-0.2, -0.15) is 0 Å². The van der Waals surface area contributed by atoms with Gasteiger partial charge in [-0.3, -0.25) is 24.5 Å². The largest absolute Gasteiger partial charge is 0.493 e. The molecule has 0 N–H and O–H groups in total. The number of esters is 1.